The van der Waals surface area contributed by atoms with Crippen molar-refractivity contribution in [3.63, 3.8) is 0 Å². The lowest BCUT2D eigenvalue weighted by Crippen LogP contribution is -2.25. The van der Waals surface area contributed by atoms with Crippen LogP contribution in [0.1, 0.15) is 50.5 Å². The molecule has 1 aromatic rings. The van der Waals surface area contributed by atoms with Crippen LogP contribution in [0.5, 0.6) is 0 Å². The van der Waals surface area contributed by atoms with Gasteiger partial charge in [-0.3, -0.25) is 14.4 Å². The largest absolute Gasteiger partial charge is 0.457 e. The Morgan fingerprint density at radius 3 is 2.44 bits per heavy atom. The smallest absolute Gasteiger partial charge is 0.324 e. The van der Waals surface area contributed by atoms with Crippen LogP contribution in [0, 0.1) is 5.92 Å². The number of carbonyl (C=O) groups is 3. The molecule has 134 valence electrons. The van der Waals surface area contributed by atoms with Crippen LogP contribution in [0.3, 0.4) is 0 Å². The first kappa shape index (κ1) is 19.4. The van der Waals surface area contributed by atoms with Gasteiger partial charge in [0.2, 0.25) is 0 Å². The van der Waals surface area contributed by atoms with E-state index in [2.05, 4.69) is 16.9 Å². The second kappa shape index (κ2) is 10.1. The van der Waals surface area contributed by atoms with Crippen LogP contribution in [0.15, 0.2) is 30.3 Å². The molecule has 0 aromatic heterocycles. The van der Waals surface area contributed by atoms with Crippen LogP contribution >= 0.6 is 11.6 Å². The summed E-state index contributed by atoms with van der Waals surface area (Å²) in [6, 6.07) is 7.73. The van der Waals surface area contributed by atoms with Gasteiger partial charge in [0.1, 0.15) is 0 Å². The summed E-state index contributed by atoms with van der Waals surface area (Å²) in [6.07, 6.45) is 10.4. The zero-order chi connectivity index (χ0) is 18.1. The number of benzene rings is 1. The van der Waals surface area contributed by atoms with E-state index in [-0.39, 0.29) is 18.8 Å². The fourth-order valence-corrected chi connectivity index (χ4v) is 2.91. The lowest BCUT2D eigenvalue weighted by molar-refractivity contribution is -0.144. The molecule has 0 aliphatic carbocycles. The predicted octanol–water partition coefficient (Wildman–Crippen LogP) is 4.40. The summed E-state index contributed by atoms with van der Waals surface area (Å²) in [4.78, 5) is 34.6. The average molecular weight is 363 g/mol. The second-order valence-corrected chi connectivity index (χ2v) is 6.67. The number of rotatable bonds is 10. The summed E-state index contributed by atoms with van der Waals surface area (Å²) < 4.78 is 4.60. The van der Waals surface area contributed by atoms with Crippen LogP contribution < -0.4 is 0 Å². The highest BCUT2D eigenvalue weighted by atomic mass is 35.5. The van der Waals surface area contributed by atoms with Crippen LogP contribution in [-0.4, -0.2) is 24.1 Å². The molecule has 1 unspecified atom stereocenters. The maximum absolute atomic E-state index is 11.9. The summed E-state index contributed by atoms with van der Waals surface area (Å²) in [5, 5.41) is 0.741. The van der Waals surface area contributed by atoms with Crippen molar-refractivity contribution in [2.24, 2.45) is 5.92 Å². The number of halogens is 1. The number of ether oxygens (including phenoxy) is 1. The molecule has 5 heteroatoms. The molecule has 0 bridgehead atoms. The molecule has 1 fully saturated rings. The molecule has 0 saturated carbocycles. The van der Waals surface area contributed by atoms with Crippen molar-refractivity contribution in [1.29, 1.82) is 0 Å². The van der Waals surface area contributed by atoms with Gasteiger partial charge in [-0.15, -0.1) is 0 Å². The molecule has 0 amide bonds. The molecule has 1 saturated heterocycles. The fourth-order valence-electron chi connectivity index (χ4n) is 2.78. The van der Waals surface area contributed by atoms with Crippen molar-refractivity contribution in [3.8, 4) is 0 Å². The Labute approximate surface area is 153 Å². The first-order chi connectivity index (χ1) is 12.1. The Hall–Kier alpha value is -1.94. The van der Waals surface area contributed by atoms with Gasteiger partial charge in [-0.05, 0) is 37.0 Å². The molecule has 2 rings (SSSR count). The molecule has 1 aliphatic heterocycles. The SMILES string of the molecule is O=C(CCCCCCCC=Cc1ccc(Cl)cc1)C1C(=O)COC1=O. The minimum atomic E-state index is -1.15. The normalized spacial score (nSPS) is 17.2. The first-order valence-electron chi connectivity index (χ1n) is 8.72. The lowest BCUT2D eigenvalue weighted by Gasteiger charge is -2.03. The Balaban J connectivity index is 1.51. The average Bonchev–Trinajstić information content (AvgIpc) is 2.93. The third kappa shape index (κ3) is 6.46. The van der Waals surface area contributed by atoms with Crippen molar-refractivity contribution in [2.75, 3.05) is 6.61 Å². The zero-order valence-corrected chi connectivity index (χ0v) is 15.0. The van der Waals surface area contributed by atoms with Gasteiger partial charge in [0.25, 0.3) is 0 Å². The minimum absolute atomic E-state index is 0.251. The van der Waals surface area contributed by atoms with E-state index in [0.29, 0.717) is 0 Å². The van der Waals surface area contributed by atoms with Gasteiger partial charge in [-0.25, -0.2) is 0 Å². The van der Waals surface area contributed by atoms with Gasteiger partial charge < -0.3 is 4.74 Å². The summed E-state index contributed by atoms with van der Waals surface area (Å²) in [5.74, 6) is -2.53. The van der Waals surface area contributed by atoms with E-state index >= 15 is 0 Å². The summed E-state index contributed by atoms with van der Waals surface area (Å²) in [7, 11) is 0. The van der Waals surface area contributed by atoms with E-state index in [9.17, 15) is 14.4 Å². The van der Waals surface area contributed by atoms with Gasteiger partial charge in [-0.1, -0.05) is 55.1 Å². The minimum Gasteiger partial charge on any atom is -0.457 e. The molecule has 1 heterocycles. The van der Waals surface area contributed by atoms with E-state index < -0.39 is 17.7 Å². The molecular weight excluding hydrogens is 340 g/mol. The van der Waals surface area contributed by atoms with Crippen LogP contribution in [0.4, 0.5) is 0 Å². The summed E-state index contributed by atoms with van der Waals surface area (Å²) in [5.41, 5.74) is 1.14. The molecule has 0 radical (unpaired) electrons. The van der Waals surface area contributed by atoms with Gasteiger partial charge in [0.15, 0.2) is 24.1 Å². The number of cyclic esters (lactones) is 1. The van der Waals surface area contributed by atoms with Gasteiger partial charge in [0, 0.05) is 11.4 Å². The third-order valence-corrected chi connectivity index (χ3v) is 4.46. The topological polar surface area (TPSA) is 60.4 Å². The molecule has 1 atom stereocenters. The van der Waals surface area contributed by atoms with Crippen LogP contribution in [0.25, 0.3) is 6.08 Å². The lowest BCUT2D eigenvalue weighted by atomic mass is 9.96. The van der Waals surface area contributed by atoms with Crippen LogP contribution in [0.2, 0.25) is 5.02 Å². The number of unbranched alkanes of at least 4 members (excludes halogenated alkanes) is 5. The maximum Gasteiger partial charge on any atom is 0.324 e. The van der Waals surface area contributed by atoms with Crippen molar-refractivity contribution >= 4 is 35.2 Å². The quantitative estimate of drug-likeness (QED) is 0.351. The number of allylic oxidation sites excluding steroid dienone is 1. The number of esters is 1. The molecule has 25 heavy (non-hydrogen) atoms. The van der Waals surface area contributed by atoms with E-state index in [0.717, 1.165) is 49.1 Å². The van der Waals surface area contributed by atoms with E-state index in [1.807, 2.05) is 24.3 Å². The molecule has 0 spiro atoms. The Bertz CT molecular complexity index is 618. The van der Waals surface area contributed by atoms with Crippen LogP contribution in [-0.2, 0) is 19.1 Å². The van der Waals surface area contributed by atoms with E-state index in [1.165, 1.54) is 0 Å². The molecule has 0 N–H and O–H groups in total. The molecule has 1 aromatic carbocycles. The van der Waals surface area contributed by atoms with Gasteiger partial charge in [-0.2, -0.15) is 0 Å². The van der Waals surface area contributed by atoms with E-state index in [4.69, 9.17) is 11.6 Å². The first-order valence-corrected chi connectivity index (χ1v) is 9.10. The fraction of sp³-hybridized carbons (Fsp3) is 0.450. The zero-order valence-electron chi connectivity index (χ0n) is 14.2. The van der Waals surface area contributed by atoms with Crippen molar-refractivity contribution in [2.45, 2.75) is 44.9 Å². The second-order valence-electron chi connectivity index (χ2n) is 6.23. The molecule has 4 nitrogen and oxygen atoms in total. The monoisotopic (exact) mass is 362 g/mol. The predicted molar refractivity (Wildman–Crippen MR) is 97.3 cm³/mol. The van der Waals surface area contributed by atoms with E-state index in [1.54, 1.807) is 0 Å². The summed E-state index contributed by atoms with van der Waals surface area (Å²) >= 11 is 5.84. The Morgan fingerprint density at radius 1 is 1.08 bits per heavy atom. The Morgan fingerprint density at radius 2 is 1.76 bits per heavy atom. The highest BCUT2D eigenvalue weighted by molar-refractivity contribution is 6.30. The maximum atomic E-state index is 11.9. The highest BCUT2D eigenvalue weighted by Crippen LogP contribution is 2.17. The Kier molecular flexibility index (Phi) is 7.86. The highest BCUT2D eigenvalue weighted by Gasteiger charge is 2.40. The van der Waals surface area contributed by atoms with Crippen molar-refractivity contribution in [1.82, 2.24) is 0 Å². The number of hydrogen-bond donors (Lipinski definition) is 0. The standard InChI is InChI=1S/C20H23ClO4/c21-16-12-10-15(11-13-16)8-6-4-2-1-3-5-7-9-17(22)19-18(23)14-25-20(19)24/h6,8,10-13,19H,1-5,7,9,14H2. The van der Waals surface area contributed by atoms with Crippen molar-refractivity contribution < 1.29 is 19.1 Å². The van der Waals surface area contributed by atoms with Crippen molar-refractivity contribution in [3.05, 3.63) is 40.9 Å². The summed E-state index contributed by atoms with van der Waals surface area (Å²) in [6.45, 7) is -0.251. The van der Waals surface area contributed by atoms with Gasteiger partial charge in [0.05, 0.1) is 0 Å². The third-order valence-electron chi connectivity index (χ3n) is 4.21. The number of hydrogen-bond acceptors (Lipinski definition) is 4. The molecule has 1 aliphatic rings. The van der Waals surface area contributed by atoms with Gasteiger partial charge >= 0.3 is 5.97 Å². The molecular formula is C20H23ClO4. The number of carbonyl (C=O) groups excluding carboxylic acids is 3. The number of Topliss-reactive ketones (excluding diaryl/α,β-unsaturated/α-hetero) is 2. The number of ketones is 2.